The van der Waals surface area contributed by atoms with Crippen molar-refractivity contribution in [3.05, 3.63) is 18.0 Å². The summed E-state index contributed by atoms with van der Waals surface area (Å²) < 4.78 is 1.80. The van der Waals surface area contributed by atoms with Crippen molar-refractivity contribution in [2.24, 2.45) is 12.8 Å². The van der Waals surface area contributed by atoms with Crippen LogP contribution in [-0.2, 0) is 7.05 Å². The predicted octanol–water partition coefficient (Wildman–Crippen LogP) is 1.54. The van der Waals surface area contributed by atoms with Gasteiger partial charge in [0.2, 0.25) is 0 Å². The Kier molecular flexibility index (Phi) is 4.10. The quantitative estimate of drug-likeness (QED) is 0.825. The van der Waals surface area contributed by atoms with Gasteiger partial charge in [0.15, 0.2) is 0 Å². The second-order valence-corrected chi connectivity index (χ2v) is 4.75. The molecule has 0 aliphatic heterocycles. The fourth-order valence-corrected chi connectivity index (χ4v) is 2.24. The van der Waals surface area contributed by atoms with Crippen molar-refractivity contribution in [3.8, 4) is 0 Å². The molecule has 2 N–H and O–H groups in total. The van der Waals surface area contributed by atoms with Crippen molar-refractivity contribution in [1.29, 1.82) is 0 Å². The van der Waals surface area contributed by atoms with Crippen LogP contribution in [0.1, 0.15) is 39.3 Å². The van der Waals surface area contributed by atoms with Gasteiger partial charge in [-0.05, 0) is 26.9 Å². The predicted molar refractivity (Wildman–Crippen MR) is 67.1 cm³/mol. The van der Waals surface area contributed by atoms with Gasteiger partial charge >= 0.3 is 0 Å². The number of rotatable bonds is 5. The minimum atomic E-state index is -0.0491. The van der Waals surface area contributed by atoms with Crippen molar-refractivity contribution >= 4 is 0 Å². The second-order valence-electron chi connectivity index (χ2n) is 4.75. The lowest BCUT2D eigenvalue weighted by Crippen LogP contribution is -2.51. The number of aromatic nitrogens is 2. The summed E-state index contributed by atoms with van der Waals surface area (Å²) >= 11 is 0. The maximum Gasteiger partial charge on any atom is 0.0538 e. The van der Waals surface area contributed by atoms with Crippen LogP contribution in [0.3, 0.4) is 0 Å². The van der Waals surface area contributed by atoms with Crippen molar-refractivity contribution in [3.63, 3.8) is 0 Å². The van der Waals surface area contributed by atoms with Crippen LogP contribution in [0.2, 0.25) is 0 Å². The first-order valence-corrected chi connectivity index (χ1v) is 5.92. The largest absolute Gasteiger partial charge is 0.322 e. The first-order chi connectivity index (χ1) is 7.43. The first-order valence-electron chi connectivity index (χ1n) is 5.92. The standard InChI is InChI=1S/C12H24N4/c1-6-16(7-2)12(3,4)11(13)10-8-14-15(5)9-10/h8-9,11H,6-7,13H2,1-5H3. The average Bonchev–Trinajstić information content (AvgIpc) is 2.65. The molecule has 0 saturated carbocycles. The highest BCUT2D eigenvalue weighted by Crippen LogP contribution is 2.28. The van der Waals surface area contributed by atoms with Gasteiger partial charge in [-0.15, -0.1) is 0 Å². The molecule has 1 aromatic heterocycles. The summed E-state index contributed by atoms with van der Waals surface area (Å²) in [6, 6.07) is -0.0129. The zero-order valence-corrected chi connectivity index (χ0v) is 11.1. The normalized spacial score (nSPS) is 14.4. The highest BCUT2D eigenvalue weighted by Gasteiger charge is 2.33. The third kappa shape index (κ3) is 2.44. The summed E-state index contributed by atoms with van der Waals surface area (Å²) in [6.07, 6.45) is 3.85. The van der Waals surface area contributed by atoms with Crippen LogP contribution >= 0.6 is 0 Å². The van der Waals surface area contributed by atoms with Crippen LogP contribution in [0.25, 0.3) is 0 Å². The van der Waals surface area contributed by atoms with Crippen LogP contribution in [0.15, 0.2) is 12.4 Å². The summed E-state index contributed by atoms with van der Waals surface area (Å²) in [4.78, 5) is 2.38. The molecule has 4 heteroatoms. The van der Waals surface area contributed by atoms with Gasteiger partial charge < -0.3 is 5.73 Å². The van der Waals surface area contributed by atoms with E-state index >= 15 is 0 Å². The van der Waals surface area contributed by atoms with Crippen molar-refractivity contribution in [2.75, 3.05) is 13.1 Å². The van der Waals surface area contributed by atoms with E-state index in [0.29, 0.717) is 0 Å². The molecule has 0 aliphatic rings. The lowest BCUT2D eigenvalue weighted by Gasteiger charge is -2.41. The molecule has 0 saturated heterocycles. The minimum absolute atomic E-state index is 0.0129. The number of nitrogens with zero attached hydrogens (tertiary/aromatic N) is 3. The molecule has 0 spiro atoms. The average molecular weight is 224 g/mol. The van der Waals surface area contributed by atoms with E-state index in [0.717, 1.165) is 18.7 Å². The summed E-state index contributed by atoms with van der Waals surface area (Å²) in [6.45, 7) is 10.7. The van der Waals surface area contributed by atoms with E-state index < -0.39 is 0 Å². The van der Waals surface area contributed by atoms with Gasteiger partial charge in [-0.25, -0.2) is 0 Å². The van der Waals surface area contributed by atoms with E-state index in [1.54, 1.807) is 4.68 Å². The highest BCUT2D eigenvalue weighted by molar-refractivity contribution is 5.15. The van der Waals surface area contributed by atoms with E-state index in [1.165, 1.54) is 0 Å². The number of hydrogen-bond donors (Lipinski definition) is 1. The maximum absolute atomic E-state index is 6.34. The summed E-state index contributed by atoms with van der Waals surface area (Å²) in [5.74, 6) is 0. The third-order valence-corrected chi connectivity index (χ3v) is 3.42. The molecule has 1 unspecified atom stereocenters. The Labute approximate surface area is 98.4 Å². The second kappa shape index (κ2) is 4.97. The fourth-order valence-electron chi connectivity index (χ4n) is 2.24. The summed E-state index contributed by atoms with van der Waals surface area (Å²) in [5, 5.41) is 4.18. The van der Waals surface area contributed by atoms with Gasteiger partial charge in [-0.2, -0.15) is 5.10 Å². The molecular weight excluding hydrogens is 200 g/mol. The Balaban J connectivity index is 2.90. The summed E-state index contributed by atoms with van der Waals surface area (Å²) in [5.41, 5.74) is 7.39. The summed E-state index contributed by atoms with van der Waals surface area (Å²) in [7, 11) is 1.92. The molecular formula is C12H24N4. The molecule has 0 bridgehead atoms. The lowest BCUT2D eigenvalue weighted by atomic mass is 9.89. The van der Waals surface area contributed by atoms with E-state index in [4.69, 9.17) is 5.73 Å². The molecule has 0 radical (unpaired) electrons. The molecule has 1 atom stereocenters. The monoisotopic (exact) mass is 224 g/mol. The van der Waals surface area contributed by atoms with Crippen LogP contribution in [0.4, 0.5) is 0 Å². The zero-order valence-electron chi connectivity index (χ0n) is 11.1. The maximum atomic E-state index is 6.34. The molecule has 4 nitrogen and oxygen atoms in total. The van der Waals surface area contributed by atoms with Crippen LogP contribution < -0.4 is 5.73 Å². The van der Waals surface area contributed by atoms with Gasteiger partial charge in [0, 0.05) is 24.3 Å². The molecule has 0 aliphatic carbocycles. The van der Waals surface area contributed by atoms with Gasteiger partial charge in [-0.3, -0.25) is 9.58 Å². The smallest absolute Gasteiger partial charge is 0.0538 e. The molecule has 1 heterocycles. The Morgan fingerprint density at radius 3 is 2.38 bits per heavy atom. The van der Waals surface area contributed by atoms with Crippen molar-refractivity contribution in [1.82, 2.24) is 14.7 Å². The Morgan fingerprint density at radius 2 is 2.00 bits per heavy atom. The number of likely N-dealkylation sites (N-methyl/N-ethyl adjacent to an activating group) is 1. The van der Waals surface area contributed by atoms with Gasteiger partial charge in [0.05, 0.1) is 12.2 Å². The third-order valence-electron chi connectivity index (χ3n) is 3.42. The molecule has 1 rings (SSSR count). The SMILES string of the molecule is CCN(CC)C(C)(C)C(N)c1cnn(C)c1. The first kappa shape index (κ1) is 13.2. The number of aryl methyl sites for hydroxylation is 1. The highest BCUT2D eigenvalue weighted by atomic mass is 15.2. The molecule has 92 valence electrons. The minimum Gasteiger partial charge on any atom is -0.322 e. The number of hydrogen-bond acceptors (Lipinski definition) is 3. The van der Waals surface area contributed by atoms with Crippen LogP contribution in [0.5, 0.6) is 0 Å². The lowest BCUT2D eigenvalue weighted by molar-refractivity contribution is 0.107. The van der Waals surface area contributed by atoms with E-state index in [-0.39, 0.29) is 11.6 Å². The van der Waals surface area contributed by atoms with Gasteiger partial charge in [0.1, 0.15) is 0 Å². The Morgan fingerprint density at radius 1 is 1.44 bits per heavy atom. The van der Waals surface area contributed by atoms with Crippen molar-refractivity contribution in [2.45, 2.75) is 39.3 Å². The van der Waals surface area contributed by atoms with E-state index in [9.17, 15) is 0 Å². The van der Waals surface area contributed by atoms with Gasteiger partial charge in [-0.1, -0.05) is 13.8 Å². The molecule has 0 fully saturated rings. The Bertz CT molecular complexity index is 326. The van der Waals surface area contributed by atoms with E-state index in [1.807, 2.05) is 19.4 Å². The van der Waals surface area contributed by atoms with E-state index in [2.05, 4.69) is 37.7 Å². The number of nitrogens with two attached hydrogens (primary N) is 1. The molecule has 0 aromatic carbocycles. The molecule has 16 heavy (non-hydrogen) atoms. The topological polar surface area (TPSA) is 47.1 Å². The van der Waals surface area contributed by atoms with Crippen molar-refractivity contribution < 1.29 is 0 Å². The van der Waals surface area contributed by atoms with Crippen LogP contribution in [-0.4, -0.2) is 33.3 Å². The van der Waals surface area contributed by atoms with Gasteiger partial charge in [0.25, 0.3) is 0 Å². The zero-order chi connectivity index (χ0) is 12.3. The Hall–Kier alpha value is -0.870. The molecule has 0 amide bonds. The molecule has 1 aromatic rings. The van der Waals surface area contributed by atoms with Crippen LogP contribution in [0, 0.1) is 0 Å². The fraction of sp³-hybridized carbons (Fsp3) is 0.750.